The Hall–Kier alpha value is -0.300. The van der Waals surface area contributed by atoms with Crippen LogP contribution in [-0.4, -0.2) is 6.54 Å². The minimum Gasteiger partial charge on any atom is -0.330 e. The monoisotopic (exact) mass is 99.1 g/mol. The molecule has 0 rings (SSSR count). The van der Waals surface area contributed by atoms with Gasteiger partial charge in [0.25, 0.3) is 0 Å². The van der Waals surface area contributed by atoms with Gasteiger partial charge in [-0.25, -0.2) is 0 Å². The zero-order valence-electron chi connectivity index (χ0n) is 4.85. The number of allylic oxidation sites excluding steroid dienone is 1. The summed E-state index contributed by atoms with van der Waals surface area (Å²) in [5.74, 6) is 0.609. The van der Waals surface area contributed by atoms with Gasteiger partial charge >= 0.3 is 0 Å². The number of nitrogens with two attached hydrogens (primary N) is 1. The van der Waals surface area contributed by atoms with Crippen LogP contribution in [0, 0.1) is 5.92 Å². The lowest BCUT2D eigenvalue weighted by molar-refractivity contribution is 0.606. The van der Waals surface area contributed by atoms with Crippen LogP contribution >= 0.6 is 0 Å². The van der Waals surface area contributed by atoms with Crippen LogP contribution in [0.3, 0.4) is 0 Å². The third-order valence-corrected chi connectivity index (χ3v) is 0.971. The first-order valence-electron chi connectivity index (χ1n) is 2.62. The summed E-state index contributed by atoms with van der Waals surface area (Å²) in [6.45, 7) is 6.48. The summed E-state index contributed by atoms with van der Waals surface area (Å²) in [6, 6.07) is 0. The first kappa shape index (κ1) is 6.70. The summed E-state index contributed by atoms with van der Waals surface area (Å²) in [5, 5.41) is 0. The van der Waals surface area contributed by atoms with Crippen LogP contribution in [0.25, 0.3) is 0 Å². The maximum Gasteiger partial charge on any atom is -0.00485 e. The SMILES string of the molecule is C=CC[C@H](C)CN. The zero-order chi connectivity index (χ0) is 5.70. The fourth-order valence-electron chi connectivity index (χ4n) is 0.381. The van der Waals surface area contributed by atoms with E-state index >= 15 is 0 Å². The minimum atomic E-state index is 0.609. The van der Waals surface area contributed by atoms with Gasteiger partial charge in [-0.15, -0.1) is 6.58 Å². The third kappa shape index (κ3) is 3.53. The lowest BCUT2D eigenvalue weighted by Gasteiger charge is -2.00. The highest BCUT2D eigenvalue weighted by Crippen LogP contribution is 1.96. The molecule has 0 saturated carbocycles. The van der Waals surface area contributed by atoms with Crippen molar-refractivity contribution in [3.63, 3.8) is 0 Å². The van der Waals surface area contributed by atoms with E-state index in [1.54, 1.807) is 0 Å². The quantitative estimate of drug-likeness (QED) is 0.528. The third-order valence-electron chi connectivity index (χ3n) is 0.971. The van der Waals surface area contributed by atoms with E-state index in [0.717, 1.165) is 13.0 Å². The largest absolute Gasteiger partial charge is 0.330 e. The van der Waals surface area contributed by atoms with E-state index in [4.69, 9.17) is 5.73 Å². The molecule has 7 heavy (non-hydrogen) atoms. The van der Waals surface area contributed by atoms with Crippen LogP contribution in [0.4, 0.5) is 0 Å². The van der Waals surface area contributed by atoms with E-state index in [1.165, 1.54) is 0 Å². The van der Waals surface area contributed by atoms with Crippen molar-refractivity contribution in [1.82, 2.24) is 0 Å². The highest BCUT2D eigenvalue weighted by Gasteiger charge is 1.90. The molecule has 1 heteroatoms. The molecule has 0 aliphatic heterocycles. The molecular formula is C6H13N. The molecule has 0 spiro atoms. The summed E-state index contributed by atoms with van der Waals surface area (Å²) >= 11 is 0. The Morgan fingerprint density at radius 2 is 2.43 bits per heavy atom. The smallest absolute Gasteiger partial charge is 0.00485 e. The molecule has 0 amide bonds. The van der Waals surface area contributed by atoms with Gasteiger partial charge in [0.15, 0.2) is 0 Å². The van der Waals surface area contributed by atoms with Crippen molar-refractivity contribution in [2.75, 3.05) is 6.54 Å². The summed E-state index contributed by atoms with van der Waals surface area (Å²) < 4.78 is 0. The maximum absolute atomic E-state index is 5.31. The predicted octanol–water partition coefficient (Wildman–Crippen LogP) is 1.16. The van der Waals surface area contributed by atoms with Gasteiger partial charge in [-0.05, 0) is 18.9 Å². The van der Waals surface area contributed by atoms with Crippen molar-refractivity contribution in [3.8, 4) is 0 Å². The number of hydrogen-bond donors (Lipinski definition) is 1. The molecule has 1 atom stereocenters. The molecule has 0 fully saturated rings. The maximum atomic E-state index is 5.31. The second kappa shape index (κ2) is 3.88. The number of hydrogen-bond acceptors (Lipinski definition) is 1. The fourth-order valence-corrected chi connectivity index (χ4v) is 0.381. The van der Waals surface area contributed by atoms with E-state index in [-0.39, 0.29) is 0 Å². The Bertz CT molecular complexity index is 50.1. The minimum absolute atomic E-state index is 0.609. The second-order valence-electron chi connectivity index (χ2n) is 1.87. The Morgan fingerprint density at radius 1 is 1.86 bits per heavy atom. The molecule has 0 aromatic rings. The zero-order valence-corrected chi connectivity index (χ0v) is 4.85. The normalized spacial score (nSPS) is 13.4. The Kier molecular flexibility index (Phi) is 3.71. The second-order valence-corrected chi connectivity index (χ2v) is 1.87. The summed E-state index contributed by atoms with van der Waals surface area (Å²) in [4.78, 5) is 0. The standard InChI is InChI=1S/C6H13N/c1-3-4-6(2)5-7/h3,6H,1,4-5,7H2,2H3/t6-/m0/s1. The van der Waals surface area contributed by atoms with E-state index < -0.39 is 0 Å². The average molecular weight is 99.2 g/mol. The van der Waals surface area contributed by atoms with Crippen LogP contribution in [0.15, 0.2) is 12.7 Å². The Labute approximate surface area is 45.2 Å². The molecule has 0 aromatic carbocycles. The van der Waals surface area contributed by atoms with Crippen molar-refractivity contribution in [3.05, 3.63) is 12.7 Å². The predicted molar refractivity (Wildman–Crippen MR) is 33.0 cm³/mol. The molecule has 42 valence electrons. The summed E-state index contributed by atoms with van der Waals surface area (Å²) in [5.41, 5.74) is 5.31. The highest BCUT2D eigenvalue weighted by molar-refractivity contribution is 4.70. The van der Waals surface area contributed by atoms with Crippen molar-refractivity contribution < 1.29 is 0 Å². The first-order chi connectivity index (χ1) is 3.31. The van der Waals surface area contributed by atoms with Crippen LogP contribution in [-0.2, 0) is 0 Å². The van der Waals surface area contributed by atoms with Crippen molar-refractivity contribution >= 4 is 0 Å². The number of rotatable bonds is 3. The molecular weight excluding hydrogens is 86.1 g/mol. The molecule has 0 aliphatic carbocycles. The molecule has 0 saturated heterocycles. The van der Waals surface area contributed by atoms with Gasteiger partial charge in [0, 0.05) is 0 Å². The molecule has 2 N–H and O–H groups in total. The van der Waals surface area contributed by atoms with Gasteiger partial charge < -0.3 is 5.73 Å². The first-order valence-corrected chi connectivity index (χ1v) is 2.62. The van der Waals surface area contributed by atoms with E-state index in [2.05, 4.69) is 13.5 Å². The van der Waals surface area contributed by atoms with Crippen LogP contribution < -0.4 is 5.73 Å². The average Bonchev–Trinajstić information content (AvgIpc) is 1.68. The van der Waals surface area contributed by atoms with Gasteiger partial charge in [0.2, 0.25) is 0 Å². The lowest BCUT2D eigenvalue weighted by atomic mass is 10.1. The van der Waals surface area contributed by atoms with Gasteiger partial charge in [0.05, 0.1) is 0 Å². The van der Waals surface area contributed by atoms with Crippen LogP contribution in [0.1, 0.15) is 13.3 Å². The van der Waals surface area contributed by atoms with Gasteiger partial charge in [0.1, 0.15) is 0 Å². The van der Waals surface area contributed by atoms with Crippen molar-refractivity contribution in [2.24, 2.45) is 11.7 Å². The van der Waals surface area contributed by atoms with E-state index in [0.29, 0.717) is 5.92 Å². The topological polar surface area (TPSA) is 26.0 Å². The van der Waals surface area contributed by atoms with Crippen LogP contribution in [0.5, 0.6) is 0 Å². The van der Waals surface area contributed by atoms with Crippen molar-refractivity contribution in [2.45, 2.75) is 13.3 Å². The molecule has 0 aliphatic rings. The molecule has 0 radical (unpaired) electrons. The van der Waals surface area contributed by atoms with E-state index in [1.807, 2.05) is 6.08 Å². The summed E-state index contributed by atoms with van der Waals surface area (Å²) in [7, 11) is 0. The fraction of sp³-hybridized carbons (Fsp3) is 0.667. The van der Waals surface area contributed by atoms with Crippen molar-refractivity contribution in [1.29, 1.82) is 0 Å². The lowest BCUT2D eigenvalue weighted by Crippen LogP contribution is -2.08. The molecule has 0 bridgehead atoms. The Balaban J connectivity index is 2.98. The Morgan fingerprint density at radius 3 is 2.57 bits per heavy atom. The molecule has 0 unspecified atom stereocenters. The van der Waals surface area contributed by atoms with Gasteiger partial charge in [-0.2, -0.15) is 0 Å². The summed E-state index contributed by atoms with van der Waals surface area (Å²) in [6.07, 6.45) is 2.94. The van der Waals surface area contributed by atoms with E-state index in [9.17, 15) is 0 Å². The molecule has 0 heterocycles. The van der Waals surface area contributed by atoms with Gasteiger partial charge in [-0.1, -0.05) is 13.0 Å². The van der Waals surface area contributed by atoms with Crippen LogP contribution in [0.2, 0.25) is 0 Å². The molecule has 1 nitrogen and oxygen atoms in total. The highest BCUT2D eigenvalue weighted by atomic mass is 14.5. The molecule has 0 aromatic heterocycles. The van der Waals surface area contributed by atoms with Gasteiger partial charge in [-0.3, -0.25) is 0 Å².